The van der Waals surface area contributed by atoms with Crippen LogP contribution in [-0.4, -0.2) is 38.4 Å². The van der Waals surface area contributed by atoms with Crippen LogP contribution >= 0.6 is 0 Å². The van der Waals surface area contributed by atoms with Crippen molar-refractivity contribution in [1.82, 2.24) is 0 Å². The molecule has 5 nitrogen and oxygen atoms in total. The summed E-state index contributed by atoms with van der Waals surface area (Å²) in [7, 11) is 0. The molecule has 5 heteroatoms. The number of hydrogen-bond donors (Lipinski definition) is 0. The molecule has 0 atom stereocenters. The number of ether oxygens (including phenoxy) is 3. The van der Waals surface area contributed by atoms with Crippen molar-refractivity contribution in [2.24, 2.45) is 0 Å². The zero-order chi connectivity index (χ0) is 25.7. The maximum absolute atomic E-state index is 11.8. The molecule has 0 saturated heterocycles. The summed E-state index contributed by atoms with van der Waals surface area (Å²) in [6.45, 7) is 5.71. The second kappa shape index (κ2) is 29.1. The van der Waals surface area contributed by atoms with Gasteiger partial charge in [0, 0.05) is 12.8 Å². The predicted octanol–water partition coefficient (Wildman–Crippen LogP) is 8.71. The number of hydrogen-bond acceptors (Lipinski definition) is 5. The highest BCUT2D eigenvalue weighted by atomic mass is 16.6. The van der Waals surface area contributed by atoms with Crippen LogP contribution in [-0.2, 0) is 23.8 Å². The Balaban J connectivity index is 3.25. The SMILES string of the molecule is CCCCCCCCCCCCCCCC(=O)OCCOCCOC(=O)CCCCCCCCC. The average molecular weight is 499 g/mol. The van der Waals surface area contributed by atoms with Crippen molar-refractivity contribution in [3.63, 3.8) is 0 Å². The van der Waals surface area contributed by atoms with Gasteiger partial charge >= 0.3 is 11.9 Å². The molecular weight excluding hydrogens is 440 g/mol. The highest BCUT2D eigenvalue weighted by Crippen LogP contribution is 2.13. The summed E-state index contributed by atoms with van der Waals surface area (Å²) in [5.41, 5.74) is 0. The second-order valence-corrected chi connectivity index (χ2v) is 9.92. The Labute approximate surface area is 217 Å². The summed E-state index contributed by atoms with van der Waals surface area (Å²) in [6.07, 6.45) is 26.2. The molecule has 0 amide bonds. The number of esters is 2. The van der Waals surface area contributed by atoms with Crippen LogP contribution in [0.3, 0.4) is 0 Å². The fraction of sp³-hybridized carbons (Fsp3) is 0.933. The van der Waals surface area contributed by atoms with Crippen LogP contribution < -0.4 is 0 Å². The Morgan fingerprint density at radius 1 is 0.400 bits per heavy atom. The minimum Gasteiger partial charge on any atom is -0.463 e. The molecule has 208 valence electrons. The van der Waals surface area contributed by atoms with Crippen molar-refractivity contribution in [3.8, 4) is 0 Å². The van der Waals surface area contributed by atoms with Gasteiger partial charge < -0.3 is 14.2 Å². The van der Waals surface area contributed by atoms with Gasteiger partial charge in [-0.05, 0) is 12.8 Å². The van der Waals surface area contributed by atoms with Crippen LogP contribution in [0.2, 0.25) is 0 Å². The molecule has 0 aliphatic carbocycles. The van der Waals surface area contributed by atoms with E-state index in [0.717, 1.165) is 25.7 Å². The summed E-state index contributed by atoms with van der Waals surface area (Å²) < 4.78 is 15.8. The number of carbonyl (C=O) groups is 2. The first-order chi connectivity index (χ1) is 17.2. The molecule has 0 aliphatic rings. The van der Waals surface area contributed by atoms with E-state index in [9.17, 15) is 9.59 Å². The fourth-order valence-electron chi connectivity index (χ4n) is 4.19. The summed E-state index contributed by atoms with van der Waals surface area (Å²) in [5.74, 6) is -0.288. The summed E-state index contributed by atoms with van der Waals surface area (Å²) >= 11 is 0. The molecule has 0 fully saturated rings. The quantitative estimate of drug-likeness (QED) is 0.0797. The predicted molar refractivity (Wildman–Crippen MR) is 146 cm³/mol. The maximum atomic E-state index is 11.8. The molecule has 0 heterocycles. The van der Waals surface area contributed by atoms with Crippen molar-refractivity contribution in [2.75, 3.05) is 26.4 Å². The second-order valence-electron chi connectivity index (χ2n) is 9.92. The largest absolute Gasteiger partial charge is 0.463 e. The van der Waals surface area contributed by atoms with Gasteiger partial charge in [-0.25, -0.2) is 0 Å². The lowest BCUT2D eigenvalue weighted by molar-refractivity contribution is -0.146. The Morgan fingerprint density at radius 2 is 0.686 bits per heavy atom. The van der Waals surface area contributed by atoms with E-state index in [1.165, 1.54) is 103 Å². The van der Waals surface area contributed by atoms with Gasteiger partial charge in [0.15, 0.2) is 0 Å². The summed E-state index contributed by atoms with van der Waals surface area (Å²) in [5, 5.41) is 0. The van der Waals surface area contributed by atoms with E-state index in [0.29, 0.717) is 26.1 Å². The highest BCUT2D eigenvalue weighted by Gasteiger charge is 2.04. The van der Waals surface area contributed by atoms with E-state index in [-0.39, 0.29) is 25.2 Å². The molecule has 0 aromatic rings. The monoisotopic (exact) mass is 498 g/mol. The van der Waals surface area contributed by atoms with E-state index in [4.69, 9.17) is 14.2 Å². The van der Waals surface area contributed by atoms with Crippen LogP contribution in [0.15, 0.2) is 0 Å². The summed E-state index contributed by atoms with van der Waals surface area (Å²) in [6, 6.07) is 0. The smallest absolute Gasteiger partial charge is 0.305 e. The Morgan fingerprint density at radius 3 is 1.00 bits per heavy atom. The highest BCUT2D eigenvalue weighted by molar-refractivity contribution is 5.69. The molecule has 0 aromatic heterocycles. The molecule has 0 aliphatic heterocycles. The minimum absolute atomic E-state index is 0.141. The first kappa shape index (κ1) is 33.9. The minimum atomic E-state index is -0.147. The van der Waals surface area contributed by atoms with Crippen LogP contribution in [0, 0.1) is 0 Å². The molecule has 0 radical (unpaired) electrons. The van der Waals surface area contributed by atoms with Gasteiger partial charge in [-0.1, -0.05) is 129 Å². The van der Waals surface area contributed by atoms with Gasteiger partial charge in [0.05, 0.1) is 13.2 Å². The van der Waals surface area contributed by atoms with Crippen molar-refractivity contribution in [3.05, 3.63) is 0 Å². The Hall–Kier alpha value is -1.10. The zero-order valence-corrected chi connectivity index (χ0v) is 23.4. The van der Waals surface area contributed by atoms with Gasteiger partial charge in [-0.15, -0.1) is 0 Å². The fourth-order valence-corrected chi connectivity index (χ4v) is 4.19. The van der Waals surface area contributed by atoms with Crippen LogP contribution in [0.5, 0.6) is 0 Å². The van der Waals surface area contributed by atoms with Gasteiger partial charge in [-0.3, -0.25) is 9.59 Å². The number of rotatable bonds is 28. The number of unbranched alkanes of at least 4 members (excludes halogenated alkanes) is 18. The molecule has 0 saturated carbocycles. The molecule has 35 heavy (non-hydrogen) atoms. The third-order valence-electron chi connectivity index (χ3n) is 6.45. The molecule has 0 unspecified atom stereocenters. The van der Waals surface area contributed by atoms with Crippen LogP contribution in [0.25, 0.3) is 0 Å². The molecule has 0 aromatic carbocycles. The van der Waals surface area contributed by atoms with E-state index >= 15 is 0 Å². The van der Waals surface area contributed by atoms with E-state index in [1.807, 2.05) is 0 Å². The summed E-state index contributed by atoms with van der Waals surface area (Å²) in [4.78, 5) is 23.4. The maximum Gasteiger partial charge on any atom is 0.305 e. The third-order valence-corrected chi connectivity index (χ3v) is 6.45. The lowest BCUT2D eigenvalue weighted by Gasteiger charge is -2.07. The average Bonchev–Trinajstić information content (AvgIpc) is 2.85. The van der Waals surface area contributed by atoms with Crippen LogP contribution in [0.1, 0.15) is 155 Å². The Bertz CT molecular complexity index is 452. The molecule has 0 rings (SSSR count). The first-order valence-corrected chi connectivity index (χ1v) is 15.1. The first-order valence-electron chi connectivity index (χ1n) is 15.1. The van der Waals surface area contributed by atoms with Gasteiger partial charge in [0.1, 0.15) is 13.2 Å². The standard InChI is InChI=1S/C30H58O5/c1-3-5-7-9-11-12-13-14-15-16-18-20-22-24-30(32)35-28-26-33-25-27-34-29(31)23-21-19-17-10-8-6-4-2/h3-28H2,1-2H3. The zero-order valence-electron chi connectivity index (χ0n) is 23.4. The van der Waals surface area contributed by atoms with Crippen molar-refractivity contribution in [2.45, 2.75) is 155 Å². The molecule has 0 bridgehead atoms. The molecule has 0 spiro atoms. The van der Waals surface area contributed by atoms with Gasteiger partial charge in [-0.2, -0.15) is 0 Å². The topological polar surface area (TPSA) is 61.8 Å². The molecular formula is C30H58O5. The lowest BCUT2D eigenvalue weighted by atomic mass is 10.0. The van der Waals surface area contributed by atoms with Crippen LogP contribution in [0.4, 0.5) is 0 Å². The van der Waals surface area contributed by atoms with Crippen molar-refractivity contribution < 1.29 is 23.8 Å². The molecule has 0 N–H and O–H groups in total. The number of carbonyl (C=O) groups excluding carboxylic acids is 2. The van der Waals surface area contributed by atoms with Crippen molar-refractivity contribution >= 4 is 11.9 Å². The van der Waals surface area contributed by atoms with Crippen molar-refractivity contribution in [1.29, 1.82) is 0 Å². The van der Waals surface area contributed by atoms with Gasteiger partial charge in [0.2, 0.25) is 0 Å². The normalized spacial score (nSPS) is 11.0. The van der Waals surface area contributed by atoms with E-state index in [1.54, 1.807) is 0 Å². The third kappa shape index (κ3) is 29.0. The Kier molecular flexibility index (Phi) is 28.2. The van der Waals surface area contributed by atoms with E-state index < -0.39 is 0 Å². The lowest BCUT2D eigenvalue weighted by Crippen LogP contribution is -2.14. The van der Waals surface area contributed by atoms with E-state index in [2.05, 4.69) is 13.8 Å². The van der Waals surface area contributed by atoms with Gasteiger partial charge in [0.25, 0.3) is 0 Å².